The molecule has 0 saturated carbocycles. The SMILES string of the molecule is Clc1ccc(-c2ccc(C3CNC4CCCN3C4)nc2)cc1. The van der Waals surface area contributed by atoms with Gasteiger partial charge >= 0.3 is 0 Å². The molecule has 3 unspecified atom stereocenters. The van der Waals surface area contributed by atoms with Gasteiger partial charge in [0.1, 0.15) is 0 Å². The number of pyridine rings is 1. The molecule has 2 saturated heterocycles. The van der Waals surface area contributed by atoms with Gasteiger partial charge in [0.05, 0.1) is 11.7 Å². The fourth-order valence-electron chi connectivity index (χ4n) is 3.57. The van der Waals surface area contributed by atoms with Gasteiger partial charge in [-0.25, -0.2) is 0 Å². The average Bonchev–Trinajstić information content (AvgIpc) is 2.56. The normalized spacial score (nSPS) is 27.6. The van der Waals surface area contributed by atoms with Gasteiger partial charge in [0.2, 0.25) is 0 Å². The van der Waals surface area contributed by atoms with E-state index in [0.717, 1.165) is 29.2 Å². The van der Waals surface area contributed by atoms with Gasteiger partial charge < -0.3 is 5.32 Å². The Morgan fingerprint density at radius 2 is 1.91 bits per heavy atom. The molecule has 2 aliphatic rings. The minimum Gasteiger partial charge on any atom is -0.311 e. The smallest absolute Gasteiger partial charge is 0.0647 e. The second-order valence-electron chi connectivity index (χ2n) is 6.24. The van der Waals surface area contributed by atoms with E-state index < -0.39 is 0 Å². The lowest BCUT2D eigenvalue weighted by atomic mass is 9.97. The molecule has 3 heterocycles. The quantitative estimate of drug-likeness (QED) is 0.919. The van der Waals surface area contributed by atoms with E-state index in [2.05, 4.69) is 22.3 Å². The Morgan fingerprint density at radius 3 is 2.68 bits per heavy atom. The van der Waals surface area contributed by atoms with Crippen LogP contribution in [0, 0.1) is 0 Å². The molecule has 2 fully saturated rings. The van der Waals surface area contributed by atoms with Crippen molar-refractivity contribution < 1.29 is 0 Å². The summed E-state index contributed by atoms with van der Waals surface area (Å²) in [7, 11) is 0. The topological polar surface area (TPSA) is 28.2 Å². The molecule has 22 heavy (non-hydrogen) atoms. The second-order valence-corrected chi connectivity index (χ2v) is 6.67. The Hall–Kier alpha value is -1.42. The van der Waals surface area contributed by atoms with Gasteiger partial charge in [-0.2, -0.15) is 0 Å². The first kappa shape index (κ1) is 14.2. The van der Waals surface area contributed by atoms with Crippen LogP contribution in [0.1, 0.15) is 24.6 Å². The summed E-state index contributed by atoms with van der Waals surface area (Å²) in [5.41, 5.74) is 3.47. The van der Waals surface area contributed by atoms with E-state index in [9.17, 15) is 0 Å². The van der Waals surface area contributed by atoms with E-state index >= 15 is 0 Å². The van der Waals surface area contributed by atoms with Crippen molar-refractivity contribution in [1.29, 1.82) is 0 Å². The molecular formula is C18H20ClN3. The summed E-state index contributed by atoms with van der Waals surface area (Å²) in [6, 6.07) is 13.3. The monoisotopic (exact) mass is 313 g/mol. The van der Waals surface area contributed by atoms with Crippen molar-refractivity contribution in [2.45, 2.75) is 24.9 Å². The highest BCUT2D eigenvalue weighted by molar-refractivity contribution is 6.30. The van der Waals surface area contributed by atoms with Crippen molar-refractivity contribution >= 4 is 11.6 Å². The van der Waals surface area contributed by atoms with E-state index in [1.807, 2.05) is 30.5 Å². The number of piperidine rings is 1. The first-order chi connectivity index (χ1) is 10.8. The fraction of sp³-hybridized carbons (Fsp3) is 0.389. The molecule has 2 aliphatic heterocycles. The van der Waals surface area contributed by atoms with Crippen molar-refractivity contribution in [1.82, 2.24) is 15.2 Å². The maximum Gasteiger partial charge on any atom is 0.0647 e. The Kier molecular flexibility index (Phi) is 3.87. The van der Waals surface area contributed by atoms with Crippen molar-refractivity contribution in [2.75, 3.05) is 19.6 Å². The van der Waals surface area contributed by atoms with Crippen LogP contribution in [0.4, 0.5) is 0 Å². The molecule has 1 aromatic heterocycles. The summed E-state index contributed by atoms with van der Waals surface area (Å²) >= 11 is 5.95. The third-order valence-electron chi connectivity index (χ3n) is 4.80. The van der Waals surface area contributed by atoms with Crippen molar-refractivity contribution in [3.8, 4) is 11.1 Å². The summed E-state index contributed by atoms with van der Waals surface area (Å²) < 4.78 is 0. The minimum absolute atomic E-state index is 0.413. The van der Waals surface area contributed by atoms with Crippen LogP contribution in [-0.2, 0) is 0 Å². The van der Waals surface area contributed by atoms with Crippen LogP contribution in [0.15, 0.2) is 42.6 Å². The number of halogens is 1. The molecule has 4 heteroatoms. The number of hydrogen-bond acceptors (Lipinski definition) is 3. The molecule has 0 amide bonds. The van der Waals surface area contributed by atoms with Crippen molar-refractivity contribution in [2.24, 2.45) is 0 Å². The van der Waals surface area contributed by atoms with Gasteiger partial charge in [0, 0.05) is 35.9 Å². The first-order valence-electron chi connectivity index (χ1n) is 7.99. The lowest BCUT2D eigenvalue weighted by Crippen LogP contribution is -2.55. The highest BCUT2D eigenvalue weighted by Gasteiger charge is 2.32. The Morgan fingerprint density at radius 1 is 1.09 bits per heavy atom. The van der Waals surface area contributed by atoms with Crippen molar-refractivity contribution in [3.05, 3.63) is 53.3 Å². The zero-order valence-electron chi connectivity index (χ0n) is 12.5. The fourth-order valence-corrected chi connectivity index (χ4v) is 3.70. The third-order valence-corrected chi connectivity index (χ3v) is 5.05. The number of fused-ring (bicyclic) bond motifs is 2. The van der Waals surface area contributed by atoms with Gasteiger partial charge in [0.25, 0.3) is 0 Å². The minimum atomic E-state index is 0.413. The number of nitrogens with zero attached hydrogens (tertiary/aromatic N) is 2. The molecule has 3 nitrogen and oxygen atoms in total. The molecule has 2 bridgehead atoms. The van der Waals surface area contributed by atoms with Gasteiger partial charge in [-0.3, -0.25) is 9.88 Å². The molecule has 1 aromatic carbocycles. The molecule has 0 spiro atoms. The Labute approximate surface area is 136 Å². The van der Waals surface area contributed by atoms with E-state index in [1.165, 1.54) is 25.1 Å². The van der Waals surface area contributed by atoms with Crippen LogP contribution < -0.4 is 5.32 Å². The van der Waals surface area contributed by atoms with E-state index in [1.54, 1.807) is 0 Å². The van der Waals surface area contributed by atoms with Gasteiger partial charge in [-0.15, -0.1) is 0 Å². The Balaban J connectivity index is 1.55. The lowest BCUT2D eigenvalue weighted by molar-refractivity contribution is 0.0900. The van der Waals surface area contributed by atoms with Crippen LogP contribution in [-0.4, -0.2) is 35.6 Å². The highest BCUT2D eigenvalue weighted by Crippen LogP contribution is 2.28. The molecule has 3 atom stereocenters. The maximum atomic E-state index is 5.95. The number of benzene rings is 1. The lowest BCUT2D eigenvalue weighted by Gasteiger charge is -2.43. The van der Waals surface area contributed by atoms with Crippen LogP contribution >= 0.6 is 11.6 Å². The number of aromatic nitrogens is 1. The summed E-state index contributed by atoms with van der Waals surface area (Å²) in [4.78, 5) is 7.31. The molecule has 0 aliphatic carbocycles. The van der Waals surface area contributed by atoms with Gasteiger partial charge in [-0.1, -0.05) is 29.8 Å². The molecule has 114 valence electrons. The second kappa shape index (κ2) is 5.99. The van der Waals surface area contributed by atoms with Crippen LogP contribution in [0.25, 0.3) is 11.1 Å². The number of hydrogen-bond donors (Lipinski definition) is 1. The standard InChI is InChI=1S/C18H20ClN3/c19-15-6-3-13(4-7-15)14-5-8-17(21-10-14)18-11-20-16-2-1-9-22(18)12-16/h3-8,10,16,18,20H,1-2,9,11-12H2. The molecular weight excluding hydrogens is 294 g/mol. The largest absolute Gasteiger partial charge is 0.311 e. The van der Waals surface area contributed by atoms with Crippen LogP contribution in [0.3, 0.4) is 0 Å². The van der Waals surface area contributed by atoms with Crippen LogP contribution in [0.2, 0.25) is 5.02 Å². The predicted molar refractivity (Wildman–Crippen MR) is 90.0 cm³/mol. The van der Waals surface area contributed by atoms with Crippen LogP contribution in [0.5, 0.6) is 0 Å². The maximum absolute atomic E-state index is 5.95. The van der Waals surface area contributed by atoms with E-state index in [-0.39, 0.29) is 0 Å². The molecule has 0 radical (unpaired) electrons. The molecule has 1 N–H and O–H groups in total. The van der Waals surface area contributed by atoms with E-state index in [4.69, 9.17) is 16.6 Å². The predicted octanol–water partition coefficient (Wildman–Crippen LogP) is 3.51. The average molecular weight is 314 g/mol. The Bertz CT molecular complexity index is 638. The zero-order valence-corrected chi connectivity index (χ0v) is 13.3. The number of nitrogens with one attached hydrogen (secondary N) is 1. The van der Waals surface area contributed by atoms with Gasteiger partial charge in [-0.05, 0) is 43.1 Å². The van der Waals surface area contributed by atoms with Gasteiger partial charge in [0.15, 0.2) is 0 Å². The third kappa shape index (κ3) is 2.76. The molecule has 4 rings (SSSR count). The number of piperazine rings is 1. The molecule has 2 aromatic rings. The first-order valence-corrected chi connectivity index (χ1v) is 8.37. The summed E-state index contributed by atoms with van der Waals surface area (Å²) in [5, 5.41) is 4.42. The number of rotatable bonds is 2. The summed E-state index contributed by atoms with van der Waals surface area (Å²) in [6.07, 6.45) is 4.58. The van der Waals surface area contributed by atoms with Crippen molar-refractivity contribution in [3.63, 3.8) is 0 Å². The summed E-state index contributed by atoms with van der Waals surface area (Å²) in [6.45, 7) is 3.37. The van der Waals surface area contributed by atoms with E-state index in [0.29, 0.717) is 12.1 Å². The highest BCUT2D eigenvalue weighted by atomic mass is 35.5. The zero-order chi connectivity index (χ0) is 14.9. The summed E-state index contributed by atoms with van der Waals surface area (Å²) in [5.74, 6) is 0.